The fourth-order valence-corrected chi connectivity index (χ4v) is 4.21. The lowest BCUT2D eigenvalue weighted by Crippen LogP contribution is -2.22. The number of benzene rings is 3. The summed E-state index contributed by atoms with van der Waals surface area (Å²) < 4.78 is 0. The molecule has 0 fully saturated rings. The molecule has 3 aromatic carbocycles. The largest absolute Gasteiger partial charge is 0.323 e. The third-order valence-corrected chi connectivity index (χ3v) is 6.01. The highest BCUT2D eigenvalue weighted by molar-refractivity contribution is 6.30. The van der Waals surface area contributed by atoms with Crippen LogP contribution in [0.1, 0.15) is 50.7 Å². The van der Waals surface area contributed by atoms with Gasteiger partial charge in [-0.05, 0) is 35.1 Å². The van der Waals surface area contributed by atoms with Gasteiger partial charge in [0.05, 0.1) is 17.6 Å². The molecule has 6 heteroatoms. The van der Waals surface area contributed by atoms with Crippen molar-refractivity contribution in [1.82, 2.24) is 9.97 Å². The zero-order valence-corrected chi connectivity index (χ0v) is 21.1. The predicted octanol–water partition coefficient (Wildman–Crippen LogP) is 8.35. The monoisotopic (exact) mass is 484 g/mol. The van der Waals surface area contributed by atoms with Crippen molar-refractivity contribution in [3.63, 3.8) is 0 Å². The van der Waals surface area contributed by atoms with Crippen LogP contribution in [-0.4, -0.2) is 16.0 Å². The molecule has 0 saturated heterocycles. The first-order valence-corrected chi connectivity index (χ1v) is 12.1. The third kappa shape index (κ3) is 5.69. The van der Waals surface area contributed by atoms with Gasteiger partial charge in [-0.3, -0.25) is 0 Å². The van der Waals surface area contributed by atoms with E-state index in [1.807, 2.05) is 54.6 Å². The highest BCUT2D eigenvalue weighted by atomic mass is 35.5. The SMILES string of the molecule is CC(C)c1cccc(C(C)C)c1NC(=O)Nc1cnc(-c2ccccc2)nc1-c1cccc(Cl)c1. The molecular formula is C29H29ClN4O. The van der Waals surface area contributed by atoms with Crippen molar-refractivity contribution in [1.29, 1.82) is 0 Å². The average Bonchev–Trinajstić information content (AvgIpc) is 2.84. The van der Waals surface area contributed by atoms with Gasteiger partial charge in [0.1, 0.15) is 0 Å². The van der Waals surface area contributed by atoms with E-state index < -0.39 is 0 Å². The maximum absolute atomic E-state index is 13.2. The molecule has 178 valence electrons. The molecule has 2 amide bonds. The van der Waals surface area contributed by atoms with E-state index in [2.05, 4.69) is 55.4 Å². The summed E-state index contributed by atoms with van der Waals surface area (Å²) in [6.07, 6.45) is 1.64. The average molecular weight is 485 g/mol. The lowest BCUT2D eigenvalue weighted by Gasteiger charge is -2.20. The van der Waals surface area contributed by atoms with Crippen molar-refractivity contribution in [3.8, 4) is 22.6 Å². The van der Waals surface area contributed by atoms with Crippen molar-refractivity contribution in [3.05, 3.63) is 95.1 Å². The number of hydrogen-bond donors (Lipinski definition) is 2. The first kappa shape index (κ1) is 24.4. The summed E-state index contributed by atoms with van der Waals surface area (Å²) in [6.45, 7) is 8.48. The second-order valence-corrected chi connectivity index (χ2v) is 9.47. The van der Waals surface area contributed by atoms with Gasteiger partial charge in [-0.1, -0.05) is 100.0 Å². The van der Waals surface area contributed by atoms with E-state index in [-0.39, 0.29) is 17.9 Å². The number of aromatic nitrogens is 2. The Morgan fingerprint density at radius 1 is 0.800 bits per heavy atom. The molecule has 0 spiro atoms. The summed E-state index contributed by atoms with van der Waals surface area (Å²) in [5.41, 5.74) is 5.81. The first-order valence-electron chi connectivity index (χ1n) is 11.7. The molecule has 0 unspecified atom stereocenters. The van der Waals surface area contributed by atoms with Crippen LogP contribution < -0.4 is 10.6 Å². The van der Waals surface area contributed by atoms with Gasteiger partial charge in [0.2, 0.25) is 0 Å². The number of halogens is 1. The van der Waals surface area contributed by atoms with Crippen LogP contribution in [0.3, 0.4) is 0 Å². The summed E-state index contributed by atoms with van der Waals surface area (Å²) in [4.78, 5) is 22.5. The number of nitrogens with zero attached hydrogens (tertiary/aromatic N) is 2. The molecule has 0 aliphatic rings. The van der Waals surface area contributed by atoms with Crippen LogP contribution in [-0.2, 0) is 0 Å². The second kappa shape index (κ2) is 10.7. The van der Waals surface area contributed by atoms with Crippen LogP contribution in [0.2, 0.25) is 5.02 Å². The highest BCUT2D eigenvalue weighted by Crippen LogP contribution is 2.33. The van der Waals surface area contributed by atoms with Gasteiger partial charge in [-0.25, -0.2) is 14.8 Å². The molecule has 1 heterocycles. The van der Waals surface area contributed by atoms with Gasteiger partial charge >= 0.3 is 6.03 Å². The van der Waals surface area contributed by atoms with Gasteiger partial charge in [-0.15, -0.1) is 0 Å². The number of rotatable bonds is 6. The molecule has 5 nitrogen and oxygen atoms in total. The van der Waals surface area contributed by atoms with Gasteiger partial charge in [-0.2, -0.15) is 0 Å². The van der Waals surface area contributed by atoms with Crippen LogP contribution in [0.15, 0.2) is 79.0 Å². The number of urea groups is 1. The molecule has 0 atom stereocenters. The van der Waals surface area contributed by atoms with Gasteiger partial charge < -0.3 is 10.6 Å². The van der Waals surface area contributed by atoms with E-state index in [9.17, 15) is 4.79 Å². The smallest absolute Gasteiger partial charge is 0.307 e. The van der Waals surface area contributed by atoms with Crippen molar-refractivity contribution < 1.29 is 4.79 Å². The lowest BCUT2D eigenvalue weighted by molar-refractivity contribution is 0.262. The number of nitrogens with one attached hydrogen (secondary N) is 2. The minimum atomic E-state index is -0.348. The number of carbonyl (C=O) groups excluding carboxylic acids is 1. The maximum Gasteiger partial charge on any atom is 0.323 e. The topological polar surface area (TPSA) is 66.9 Å². The van der Waals surface area contributed by atoms with Crippen molar-refractivity contribution in [2.45, 2.75) is 39.5 Å². The molecular weight excluding hydrogens is 456 g/mol. The van der Waals surface area contributed by atoms with E-state index in [4.69, 9.17) is 16.6 Å². The number of para-hydroxylation sites is 1. The number of carbonyl (C=O) groups is 1. The normalized spacial score (nSPS) is 11.1. The number of anilines is 2. The zero-order chi connectivity index (χ0) is 24.9. The highest BCUT2D eigenvalue weighted by Gasteiger charge is 2.18. The Labute approximate surface area is 211 Å². The van der Waals surface area contributed by atoms with E-state index in [0.29, 0.717) is 22.2 Å². The minimum absolute atomic E-state index is 0.263. The fourth-order valence-electron chi connectivity index (χ4n) is 4.02. The third-order valence-electron chi connectivity index (χ3n) is 5.78. The molecule has 1 aromatic heterocycles. The van der Waals surface area contributed by atoms with E-state index in [1.54, 1.807) is 12.3 Å². The predicted molar refractivity (Wildman–Crippen MR) is 145 cm³/mol. The summed E-state index contributed by atoms with van der Waals surface area (Å²) in [5, 5.41) is 6.65. The van der Waals surface area contributed by atoms with Crippen molar-refractivity contribution in [2.24, 2.45) is 0 Å². The molecule has 0 aliphatic heterocycles. The standard InChI is InChI=1S/C29H29ClN4O/c1-18(2)23-14-9-15-24(19(3)4)27(23)34-29(35)32-25-17-31-28(20-10-6-5-7-11-20)33-26(25)21-12-8-13-22(30)16-21/h5-19H,1-4H3,(H2,32,34,35). The molecule has 4 rings (SSSR count). The Morgan fingerprint density at radius 3 is 2.06 bits per heavy atom. The minimum Gasteiger partial charge on any atom is -0.307 e. The Balaban J connectivity index is 1.71. The molecule has 0 bridgehead atoms. The second-order valence-electron chi connectivity index (χ2n) is 9.03. The Bertz CT molecular complexity index is 1310. The van der Waals surface area contributed by atoms with Crippen molar-refractivity contribution in [2.75, 3.05) is 10.6 Å². The molecule has 35 heavy (non-hydrogen) atoms. The van der Waals surface area contributed by atoms with Crippen LogP contribution in [0.25, 0.3) is 22.6 Å². The number of hydrogen-bond acceptors (Lipinski definition) is 3. The van der Waals surface area contributed by atoms with Gasteiger partial charge in [0, 0.05) is 21.8 Å². The van der Waals surface area contributed by atoms with Crippen LogP contribution in [0, 0.1) is 0 Å². The van der Waals surface area contributed by atoms with E-state index in [1.165, 1.54) is 0 Å². The molecule has 0 aliphatic carbocycles. The maximum atomic E-state index is 13.2. The first-order chi connectivity index (χ1) is 16.8. The Kier molecular flexibility index (Phi) is 7.47. The fraction of sp³-hybridized carbons (Fsp3) is 0.207. The van der Waals surface area contributed by atoms with Crippen LogP contribution in [0.4, 0.5) is 16.2 Å². The molecule has 4 aromatic rings. The summed E-state index contributed by atoms with van der Waals surface area (Å²) in [7, 11) is 0. The van der Waals surface area contributed by atoms with Crippen LogP contribution in [0.5, 0.6) is 0 Å². The van der Waals surface area contributed by atoms with Crippen LogP contribution >= 0.6 is 11.6 Å². The Morgan fingerprint density at radius 2 is 1.43 bits per heavy atom. The van der Waals surface area contributed by atoms with Gasteiger partial charge in [0.15, 0.2) is 5.82 Å². The summed E-state index contributed by atoms with van der Waals surface area (Å²) >= 11 is 6.27. The molecule has 2 N–H and O–H groups in total. The molecule has 0 radical (unpaired) electrons. The molecule has 0 saturated carbocycles. The van der Waals surface area contributed by atoms with Crippen molar-refractivity contribution >= 4 is 29.0 Å². The quantitative estimate of drug-likeness (QED) is 0.289. The summed E-state index contributed by atoms with van der Waals surface area (Å²) in [5.74, 6) is 1.10. The zero-order valence-electron chi connectivity index (χ0n) is 20.3. The van der Waals surface area contributed by atoms with E-state index in [0.717, 1.165) is 27.9 Å². The van der Waals surface area contributed by atoms with E-state index >= 15 is 0 Å². The summed E-state index contributed by atoms with van der Waals surface area (Å²) in [6, 6.07) is 22.9. The van der Waals surface area contributed by atoms with Gasteiger partial charge in [0.25, 0.3) is 0 Å². The Hall–Kier alpha value is -3.70. The lowest BCUT2D eigenvalue weighted by atomic mass is 9.93. The number of amides is 2.